The average Bonchev–Trinajstić information content (AvgIpc) is 2.44. The zero-order valence-electron chi connectivity index (χ0n) is 7.90. The SMILES string of the molecule is O=C1CCOC[C@@H](c2ccccc2)N1. The second-order valence-electron chi connectivity index (χ2n) is 3.36. The van der Waals surface area contributed by atoms with Gasteiger partial charge in [0.25, 0.3) is 0 Å². The predicted octanol–water partition coefficient (Wildman–Crippen LogP) is 1.26. The molecule has 74 valence electrons. The molecule has 0 spiro atoms. The van der Waals surface area contributed by atoms with E-state index in [0.29, 0.717) is 19.6 Å². The first-order chi connectivity index (χ1) is 6.86. The molecule has 1 heterocycles. The second kappa shape index (κ2) is 4.24. The minimum absolute atomic E-state index is 0.00574. The molecule has 3 nitrogen and oxygen atoms in total. The normalized spacial score (nSPS) is 22.6. The Labute approximate surface area is 83.1 Å². The summed E-state index contributed by atoms with van der Waals surface area (Å²) in [5.41, 5.74) is 1.10. The van der Waals surface area contributed by atoms with Gasteiger partial charge in [0.15, 0.2) is 0 Å². The number of nitrogens with one attached hydrogen (secondary N) is 1. The first kappa shape index (κ1) is 9.21. The molecule has 1 aromatic rings. The fourth-order valence-electron chi connectivity index (χ4n) is 1.54. The molecule has 0 unspecified atom stereocenters. The molecule has 1 aliphatic rings. The lowest BCUT2D eigenvalue weighted by Gasteiger charge is -2.15. The van der Waals surface area contributed by atoms with E-state index in [4.69, 9.17) is 4.74 Å². The molecule has 14 heavy (non-hydrogen) atoms. The van der Waals surface area contributed by atoms with Crippen LogP contribution >= 0.6 is 0 Å². The maximum Gasteiger partial charge on any atom is 0.222 e. The van der Waals surface area contributed by atoms with E-state index in [9.17, 15) is 4.79 Å². The van der Waals surface area contributed by atoms with Gasteiger partial charge >= 0.3 is 0 Å². The minimum atomic E-state index is 0.00574. The third-order valence-electron chi connectivity index (χ3n) is 2.30. The summed E-state index contributed by atoms with van der Waals surface area (Å²) in [5, 5.41) is 2.93. The molecule has 3 heteroatoms. The first-order valence-electron chi connectivity index (χ1n) is 4.78. The van der Waals surface area contributed by atoms with Crippen LogP contribution in [0.3, 0.4) is 0 Å². The monoisotopic (exact) mass is 191 g/mol. The third-order valence-corrected chi connectivity index (χ3v) is 2.30. The maximum absolute atomic E-state index is 11.3. The van der Waals surface area contributed by atoms with E-state index in [0.717, 1.165) is 5.56 Å². The molecular formula is C11H13NO2. The molecule has 1 aliphatic heterocycles. The van der Waals surface area contributed by atoms with Crippen LogP contribution < -0.4 is 5.32 Å². The molecular weight excluding hydrogens is 178 g/mol. The number of rotatable bonds is 1. The van der Waals surface area contributed by atoms with Crippen LogP contribution in [0.2, 0.25) is 0 Å². The Kier molecular flexibility index (Phi) is 2.79. The molecule has 0 bridgehead atoms. The van der Waals surface area contributed by atoms with Gasteiger partial charge in [-0.15, -0.1) is 0 Å². The lowest BCUT2D eigenvalue weighted by Crippen LogP contribution is -2.28. The van der Waals surface area contributed by atoms with E-state index in [1.807, 2.05) is 30.3 Å². The van der Waals surface area contributed by atoms with Crippen molar-refractivity contribution in [2.75, 3.05) is 13.2 Å². The number of benzene rings is 1. The highest BCUT2D eigenvalue weighted by molar-refractivity contribution is 5.76. The molecule has 0 aromatic heterocycles. The summed E-state index contributed by atoms with van der Waals surface area (Å²) in [5.74, 6) is 0.0661. The maximum atomic E-state index is 11.3. The van der Waals surface area contributed by atoms with Gasteiger partial charge in [0.2, 0.25) is 5.91 Å². The summed E-state index contributed by atoms with van der Waals surface area (Å²) in [6.45, 7) is 1.09. The third kappa shape index (κ3) is 2.12. The Bertz CT molecular complexity index is 310. The van der Waals surface area contributed by atoms with Crippen LogP contribution in [0.4, 0.5) is 0 Å². The summed E-state index contributed by atoms with van der Waals surface area (Å²) >= 11 is 0. The topological polar surface area (TPSA) is 38.3 Å². The van der Waals surface area contributed by atoms with E-state index in [1.54, 1.807) is 0 Å². The number of ether oxygens (including phenoxy) is 1. The molecule has 1 amide bonds. The smallest absolute Gasteiger partial charge is 0.222 e. The summed E-state index contributed by atoms with van der Waals surface area (Å²) in [4.78, 5) is 11.3. The summed E-state index contributed by atoms with van der Waals surface area (Å²) in [7, 11) is 0. The van der Waals surface area contributed by atoms with E-state index >= 15 is 0 Å². The Hall–Kier alpha value is -1.35. The molecule has 0 radical (unpaired) electrons. The van der Waals surface area contributed by atoms with Crippen molar-refractivity contribution in [2.45, 2.75) is 12.5 Å². The Morgan fingerprint density at radius 2 is 2.07 bits per heavy atom. The van der Waals surface area contributed by atoms with Crippen LogP contribution in [0, 0.1) is 0 Å². The standard InChI is InChI=1S/C11H13NO2/c13-11-6-7-14-8-10(12-11)9-4-2-1-3-5-9/h1-5,10H,6-8H2,(H,12,13)/t10-/m0/s1. The minimum Gasteiger partial charge on any atom is -0.378 e. The zero-order chi connectivity index (χ0) is 9.80. The number of carbonyl (C=O) groups excluding carboxylic acids is 1. The van der Waals surface area contributed by atoms with Crippen molar-refractivity contribution in [1.29, 1.82) is 0 Å². The van der Waals surface area contributed by atoms with Crippen molar-refractivity contribution in [3.63, 3.8) is 0 Å². The Morgan fingerprint density at radius 3 is 2.86 bits per heavy atom. The van der Waals surface area contributed by atoms with Crippen LogP contribution in [0.1, 0.15) is 18.0 Å². The van der Waals surface area contributed by atoms with Gasteiger partial charge < -0.3 is 10.1 Å². The van der Waals surface area contributed by atoms with E-state index in [-0.39, 0.29) is 11.9 Å². The van der Waals surface area contributed by atoms with Gasteiger partial charge in [-0.25, -0.2) is 0 Å². The molecule has 1 aromatic carbocycles. The van der Waals surface area contributed by atoms with Gasteiger partial charge in [0.1, 0.15) is 0 Å². The lowest BCUT2D eigenvalue weighted by molar-refractivity contribution is -0.121. The molecule has 1 atom stereocenters. The fraction of sp³-hybridized carbons (Fsp3) is 0.364. The molecule has 1 saturated heterocycles. The number of hydrogen-bond donors (Lipinski definition) is 1. The number of amides is 1. The van der Waals surface area contributed by atoms with Gasteiger partial charge in [0, 0.05) is 6.42 Å². The van der Waals surface area contributed by atoms with Crippen LogP contribution in [-0.2, 0) is 9.53 Å². The summed E-state index contributed by atoms with van der Waals surface area (Å²) < 4.78 is 5.35. The van der Waals surface area contributed by atoms with E-state index in [1.165, 1.54) is 0 Å². The van der Waals surface area contributed by atoms with Gasteiger partial charge in [-0.1, -0.05) is 30.3 Å². The Balaban J connectivity index is 2.13. The summed E-state index contributed by atoms with van der Waals surface area (Å²) in [6.07, 6.45) is 0.462. The van der Waals surface area contributed by atoms with Crippen molar-refractivity contribution in [3.05, 3.63) is 35.9 Å². The highest BCUT2D eigenvalue weighted by atomic mass is 16.5. The number of hydrogen-bond acceptors (Lipinski definition) is 2. The lowest BCUT2D eigenvalue weighted by atomic mass is 10.1. The molecule has 0 saturated carbocycles. The first-order valence-corrected chi connectivity index (χ1v) is 4.78. The predicted molar refractivity (Wildman–Crippen MR) is 52.8 cm³/mol. The van der Waals surface area contributed by atoms with Crippen molar-refractivity contribution >= 4 is 5.91 Å². The van der Waals surface area contributed by atoms with Crippen molar-refractivity contribution in [3.8, 4) is 0 Å². The molecule has 2 rings (SSSR count). The molecule has 1 fully saturated rings. The van der Waals surface area contributed by atoms with Gasteiger partial charge in [-0.3, -0.25) is 4.79 Å². The van der Waals surface area contributed by atoms with E-state index in [2.05, 4.69) is 5.32 Å². The van der Waals surface area contributed by atoms with Crippen LogP contribution in [0.25, 0.3) is 0 Å². The molecule has 1 N–H and O–H groups in total. The number of carbonyl (C=O) groups is 1. The van der Waals surface area contributed by atoms with Gasteiger partial charge in [-0.05, 0) is 5.56 Å². The zero-order valence-corrected chi connectivity index (χ0v) is 7.90. The van der Waals surface area contributed by atoms with Crippen molar-refractivity contribution < 1.29 is 9.53 Å². The van der Waals surface area contributed by atoms with Crippen LogP contribution in [0.5, 0.6) is 0 Å². The van der Waals surface area contributed by atoms with Gasteiger partial charge in [0.05, 0.1) is 19.3 Å². The van der Waals surface area contributed by atoms with Crippen molar-refractivity contribution in [1.82, 2.24) is 5.32 Å². The highest BCUT2D eigenvalue weighted by Gasteiger charge is 2.17. The molecule has 0 aliphatic carbocycles. The largest absolute Gasteiger partial charge is 0.378 e. The summed E-state index contributed by atoms with van der Waals surface area (Å²) in [6, 6.07) is 9.90. The van der Waals surface area contributed by atoms with Crippen LogP contribution in [-0.4, -0.2) is 19.1 Å². The average molecular weight is 191 g/mol. The highest BCUT2D eigenvalue weighted by Crippen LogP contribution is 2.14. The second-order valence-corrected chi connectivity index (χ2v) is 3.36. The van der Waals surface area contributed by atoms with Crippen LogP contribution in [0.15, 0.2) is 30.3 Å². The van der Waals surface area contributed by atoms with Crippen molar-refractivity contribution in [2.24, 2.45) is 0 Å². The van der Waals surface area contributed by atoms with Gasteiger partial charge in [-0.2, -0.15) is 0 Å². The Morgan fingerprint density at radius 1 is 1.29 bits per heavy atom. The van der Waals surface area contributed by atoms with E-state index < -0.39 is 0 Å². The quantitative estimate of drug-likeness (QED) is 0.725. The fourth-order valence-corrected chi connectivity index (χ4v) is 1.54.